The van der Waals surface area contributed by atoms with Gasteiger partial charge < -0.3 is 0 Å². The molecule has 2 nitrogen and oxygen atoms in total. The van der Waals surface area contributed by atoms with Crippen molar-refractivity contribution in [3.63, 3.8) is 0 Å². The third kappa shape index (κ3) is 0.988. The van der Waals surface area contributed by atoms with E-state index in [0.717, 1.165) is 18.5 Å². The summed E-state index contributed by atoms with van der Waals surface area (Å²) in [6.45, 7) is 0. The van der Waals surface area contributed by atoms with Crippen molar-refractivity contribution < 1.29 is 0 Å². The Kier molecular flexibility index (Phi) is 1.36. The number of aromatic nitrogens is 2. The molecule has 0 amide bonds. The fourth-order valence-electron chi connectivity index (χ4n) is 1.40. The zero-order valence-electron chi connectivity index (χ0n) is 6.17. The van der Waals surface area contributed by atoms with Crippen LogP contribution in [0.4, 0.5) is 0 Å². The topological polar surface area (TPSA) is 25.8 Å². The molecule has 0 unspecified atom stereocenters. The van der Waals surface area contributed by atoms with E-state index in [1.807, 2.05) is 6.07 Å². The Balaban J connectivity index is 2.51. The van der Waals surface area contributed by atoms with E-state index in [1.54, 1.807) is 0 Å². The molecular formula is C9H8N2. The molecule has 1 aliphatic carbocycles. The highest BCUT2D eigenvalue weighted by Crippen LogP contribution is 2.18. The third-order valence-corrected chi connectivity index (χ3v) is 1.97. The summed E-state index contributed by atoms with van der Waals surface area (Å²) in [4.78, 5) is 0. The SMILES string of the molecule is C#Cc1cc2c(nn1)CCC2. The van der Waals surface area contributed by atoms with Crippen molar-refractivity contribution in [2.75, 3.05) is 0 Å². The van der Waals surface area contributed by atoms with Crippen LogP contribution in [0, 0.1) is 12.3 Å². The number of rotatable bonds is 0. The average Bonchev–Trinajstić information content (AvgIpc) is 2.50. The normalized spacial score (nSPS) is 14.1. The maximum Gasteiger partial charge on any atom is 0.135 e. The molecule has 1 aromatic heterocycles. The Hall–Kier alpha value is -1.36. The summed E-state index contributed by atoms with van der Waals surface area (Å²) >= 11 is 0. The monoisotopic (exact) mass is 144 g/mol. The van der Waals surface area contributed by atoms with E-state index in [4.69, 9.17) is 6.42 Å². The van der Waals surface area contributed by atoms with E-state index in [1.165, 1.54) is 12.0 Å². The van der Waals surface area contributed by atoms with Crippen molar-refractivity contribution in [1.29, 1.82) is 0 Å². The number of aryl methyl sites for hydroxylation is 2. The summed E-state index contributed by atoms with van der Waals surface area (Å²) in [5.41, 5.74) is 3.07. The summed E-state index contributed by atoms with van der Waals surface area (Å²) in [5.74, 6) is 2.48. The molecule has 1 aromatic rings. The molecule has 0 spiro atoms. The van der Waals surface area contributed by atoms with Gasteiger partial charge in [0.2, 0.25) is 0 Å². The lowest BCUT2D eigenvalue weighted by molar-refractivity contribution is 0.876. The maximum absolute atomic E-state index is 5.19. The first-order valence-electron chi connectivity index (χ1n) is 3.72. The molecule has 11 heavy (non-hydrogen) atoms. The Bertz CT molecular complexity index is 323. The fourth-order valence-corrected chi connectivity index (χ4v) is 1.40. The van der Waals surface area contributed by atoms with Gasteiger partial charge in [-0.2, -0.15) is 5.10 Å². The quantitative estimate of drug-likeness (QED) is 0.506. The number of terminal acetylenes is 1. The van der Waals surface area contributed by atoms with Gasteiger partial charge in [0.25, 0.3) is 0 Å². The van der Waals surface area contributed by atoms with Gasteiger partial charge >= 0.3 is 0 Å². The largest absolute Gasteiger partial charge is 0.154 e. The second-order valence-electron chi connectivity index (χ2n) is 2.70. The molecule has 0 saturated carbocycles. The van der Waals surface area contributed by atoms with Gasteiger partial charge in [0.05, 0.1) is 5.69 Å². The predicted molar refractivity (Wildman–Crippen MR) is 42.0 cm³/mol. The van der Waals surface area contributed by atoms with E-state index >= 15 is 0 Å². The molecule has 0 saturated heterocycles. The summed E-state index contributed by atoms with van der Waals surface area (Å²) in [6, 6.07) is 1.97. The van der Waals surface area contributed by atoms with Gasteiger partial charge in [-0.25, -0.2) is 0 Å². The van der Waals surface area contributed by atoms with Crippen LogP contribution >= 0.6 is 0 Å². The number of hydrogen-bond acceptors (Lipinski definition) is 2. The third-order valence-electron chi connectivity index (χ3n) is 1.97. The lowest BCUT2D eigenvalue weighted by atomic mass is 10.2. The smallest absolute Gasteiger partial charge is 0.135 e. The maximum atomic E-state index is 5.19. The van der Waals surface area contributed by atoms with Gasteiger partial charge in [-0.15, -0.1) is 11.5 Å². The molecule has 1 aliphatic rings. The minimum Gasteiger partial charge on any atom is -0.154 e. The lowest BCUT2D eigenvalue weighted by Crippen LogP contribution is -1.94. The standard InChI is InChI=1S/C9H8N2/c1-2-8-6-7-4-3-5-9(7)11-10-8/h1,6H,3-5H2. The van der Waals surface area contributed by atoms with Crippen LogP contribution in [0.1, 0.15) is 23.4 Å². The van der Waals surface area contributed by atoms with Crippen molar-refractivity contribution in [3.8, 4) is 12.3 Å². The fraction of sp³-hybridized carbons (Fsp3) is 0.333. The van der Waals surface area contributed by atoms with Crippen molar-refractivity contribution >= 4 is 0 Å². The van der Waals surface area contributed by atoms with Gasteiger partial charge in [-0.3, -0.25) is 0 Å². The summed E-state index contributed by atoms with van der Waals surface area (Å²) in [6.07, 6.45) is 8.56. The van der Waals surface area contributed by atoms with Crippen molar-refractivity contribution in [1.82, 2.24) is 10.2 Å². The summed E-state index contributed by atoms with van der Waals surface area (Å²) < 4.78 is 0. The highest BCUT2D eigenvalue weighted by Gasteiger charge is 2.12. The summed E-state index contributed by atoms with van der Waals surface area (Å²) in [5, 5.41) is 7.92. The number of fused-ring (bicyclic) bond motifs is 1. The molecular weight excluding hydrogens is 136 g/mol. The van der Waals surface area contributed by atoms with Gasteiger partial charge in [0.15, 0.2) is 0 Å². The molecule has 2 rings (SSSR count). The highest BCUT2D eigenvalue weighted by molar-refractivity contribution is 5.32. The molecule has 0 N–H and O–H groups in total. The Morgan fingerprint density at radius 2 is 2.27 bits per heavy atom. The predicted octanol–water partition coefficient (Wildman–Crippen LogP) is 0.947. The van der Waals surface area contributed by atoms with Gasteiger partial charge in [-0.05, 0) is 36.8 Å². The van der Waals surface area contributed by atoms with Crippen molar-refractivity contribution in [3.05, 3.63) is 23.0 Å². The Morgan fingerprint density at radius 1 is 1.36 bits per heavy atom. The van der Waals surface area contributed by atoms with Crippen LogP contribution in [0.15, 0.2) is 6.07 Å². The Labute approximate surface area is 65.7 Å². The van der Waals surface area contributed by atoms with Crippen LogP contribution in [0.3, 0.4) is 0 Å². The molecule has 1 heterocycles. The Morgan fingerprint density at radius 3 is 3.09 bits per heavy atom. The minimum absolute atomic E-state index is 0.658. The molecule has 0 atom stereocenters. The van der Waals surface area contributed by atoms with Gasteiger partial charge in [0.1, 0.15) is 5.69 Å². The first-order chi connectivity index (χ1) is 5.40. The van der Waals surface area contributed by atoms with Crippen molar-refractivity contribution in [2.45, 2.75) is 19.3 Å². The first kappa shape index (κ1) is 6.36. The van der Waals surface area contributed by atoms with E-state index in [0.29, 0.717) is 5.69 Å². The number of nitrogens with zero attached hydrogens (tertiary/aromatic N) is 2. The van der Waals surface area contributed by atoms with E-state index in [9.17, 15) is 0 Å². The highest BCUT2D eigenvalue weighted by atomic mass is 15.1. The van der Waals surface area contributed by atoms with Crippen LogP contribution in [-0.2, 0) is 12.8 Å². The minimum atomic E-state index is 0.658. The van der Waals surface area contributed by atoms with Gasteiger partial charge in [-0.1, -0.05) is 0 Å². The lowest BCUT2D eigenvalue weighted by Gasteiger charge is -1.95. The second kappa shape index (κ2) is 2.35. The molecule has 2 heteroatoms. The molecule has 0 fully saturated rings. The van der Waals surface area contributed by atoms with E-state index in [2.05, 4.69) is 16.1 Å². The molecule has 0 aromatic carbocycles. The molecule has 0 aliphatic heterocycles. The number of hydrogen-bond donors (Lipinski definition) is 0. The van der Waals surface area contributed by atoms with E-state index in [-0.39, 0.29) is 0 Å². The van der Waals surface area contributed by atoms with Crippen LogP contribution < -0.4 is 0 Å². The molecule has 0 bridgehead atoms. The zero-order chi connectivity index (χ0) is 7.68. The van der Waals surface area contributed by atoms with Crippen LogP contribution in [0.5, 0.6) is 0 Å². The molecule has 54 valence electrons. The molecule has 0 radical (unpaired) electrons. The average molecular weight is 144 g/mol. The second-order valence-corrected chi connectivity index (χ2v) is 2.70. The van der Waals surface area contributed by atoms with Crippen LogP contribution in [0.25, 0.3) is 0 Å². The summed E-state index contributed by atoms with van der Waals surface area (Å²) in [7, 11) is 0. The van der Waals surface area contributed by atoms with Crippen molar-refractivity contribution in [2.24, 2.45) is 0 Å². The van der Waals surface area contributed by atoms with E-state index < -0.39 is 0 Å². The van der Waals surface area contributed by atoms with Gasteiger partial charge in [0, 0.05) is 0 Å². The zero-order valence-corrected chi connectivity index (χ0v) is 6.17. The van der Waals surface area contributed by atoms with Crippen LogP contribution in [0.2, 0.25) is 0 Å². The first-order valence-corrected chi connectivity index (χ1v) is 3.72. The van der Waals surface area contributed by atoms with Crippen LogP contribution in [-0.4, -0.2) is 10.2 Å².